The third-order valence-electron chi connectivity index (χ3n) is 6.16. The van der Waals surface area contributed by atoms with E-state index < -0.39 is 0 Å². The third kappa shape index (κ3) is 3.82. The molecule has 1 aromatic carbocycles. The number of fused-ring (bicyclic) bond motifs is 2. The smallest absolute Gasteiger partial charge is 0.162 e. The number of hydrogen-bond acceptors (Lipinski definition) is 7. The van der Waals surface area contributed by atoms with Gasteiger partial charge in [-0.3, -0.25) is 0 Å². The summed E-state index contributed by atoms with van der Waals surface area (Å²) in [5, 5.41) is 9.33. The SMILES string of the molecule is N#Cc1ccc(-c2ncc(CCN)cn2)c(Oc2ccc(N3C4CCC3CC4)nc2)c1. The molecule has 2 aromatic heterocycles. The molecule has 0 unspecified atom stereocenters. The number of ether oxygens (including phenoxy) is 1. The molecule has 4 heterocycles. The number of pyridine rings is 1. The molecule has 31 heavy (non-hydrogen) atoms. The Morgan fingerprint density at radius 2 is 1.74 bits per heavy atom. The second-order valence-corrected chi connectivity index (χ2v) is 8.10. The van der Waals surface area contributed by atoms with Crippen molar-refractivity contribution in [3.63, 3.8) is 0 Å². The second kappa shape index (κ2) is 8.32. The summed E-state index contributed by atoms with van der Waals surface area (Å²) in [7, 11) is 0. The van der Waals surface area contributed by atoms with Crippen LogP contribution >= 0.6 is 0 Å². The molecule has 0 radical (unpaired) electrons. The molecule has 2 saturated heterocycles. The predicted octanol–water partition coefficient (Wildman–Crippen LogP) is 3.83. The summed E-state index contributed by atoms with van der Waals surface area (Å²) >= 11 is 0. The zero-order chi connectivity index (χ0) is 21.2. The third-order valence-corrected chi connectivity index (χ3v) is 6.16. The minimum Gasteiger partial charge on any atom is -0.455 e. The molecule has 0 amide bonds. The van der Waals surface area contributed by atoms with Gasteiger partial charge >= 0.3 is 0 Å². The lowest BCUT2D eigenvalue weighted by molar-refractivity contribution is 0.481. The van der Waals surface area contributed by atoms with Crippen molar-refractivity contribution in [1.82, 2.24) is 15.0 Å². The van der Waals surface area contributed by atoms with E-state index in [0.29, 0.717) is 41.5 Å². The van der Waals surface area contributed by atoms with Crippen LogP contribution in [-0.2, 0) is 6.42 Å². The van der Waals surface area contributed by atoms with Crippen LogP contribution in [-0.4, -0.2) is 33.6 Å². The summed E-state index contributed by atoms with van der Waals surface area (Å²) in [4.78, 5) is 16.1. The number of rotatable bonds is 6. The molecule has 156 valence electrons. The quantitative estimate of drug-likeness (QED) is 0.656. The van der Waals surface area contributed by atoms with Crippen LogP contribution in [0.1, 0.15) is 36.8 Å². The van der Waals surface area contributed by atoms with Crippen LogP contribution in [0.15, 0.2) is 48.9 Å². The molecule has 2 bridgehead atoms. The molecule has 0 saturated carbocycles. The maximum Gasteiger partial charge on any atom is 0.162 e. The number of nitriles is 1. The summed E-state index contributed by atoms with van der Waals surface area (Å²) < 4.78 is 6.14. The van der Waals surface area contributed by atoms with Crippen LogP contribution in [0.2, 0.25) is 0 Å². The van der Waals surface area contributed by atoms with Gasteiger partial charge < -0.3 is 15.4 Å². The van der Waals surface area contributed by atoms with Crippen LogP contribution < -0.4 is 15.4 Å². The van der Waals surface area contributed by atoms with E-state index in [1.54, 1.807) is 30.7 Å². The van der Waals surface area contributed by atoms with Crippen LogP contribution in [0.3, 0.4) is 0 Å². The van der Waals surface area contributed by atoms with E-state index in [1.165, 1.54) is 25.7 Å². The first-order valence-electron chi connectivity index (χ1n) is 10.7. The van der Waals surface area contributed by atoms with Gasteiger partial charge in [-0.1, -0.05) is 0 Å². The minimum absolute atomic E-state index is 0.511. The van der Waals surface area contributed by atoms with Crippen LogP contribution in [0.4, 0.5) is 5.82 Å². The van der Waals surface area contributed by atoms with E-state index in [1.807, 2.05) is 18.2 Å². The maximum atomic E-state index is 9.33. The Balaban J connectivity index is 1.41. The monoisotopic (exact) mass is 412 g/mol. The van der Waals surface area contributed by atoms with Crippen LogP contribution in [0.25, 0.3) is 11.4 Å². The highest BCUT2D eigenvalue weighted by Gasteiger charge is 2.39. The molecule has 0 spiro atoms. The standard InChI is InChI=1S/C24H24N6O/c25-10-9-17-13-28-24(29-14-17)21-7-1-16(12-26)11-22(21)31-20-6-8-23(27-15-20)30-18-2-3-19(30)5-4-18/h1,6-8,11,13-15,18-19H,2-5,9-10,25H2. The zero-order valence-corrected chi connectivity index (χ0v) is 17.2. The second-order valence-electron chi connectivity index (χ2n) is 8.10. The molecule has 5 rings (SSSR count). The first kappa shape index (κ1) is 19.5. The van der Waals surface area contributed by atoms with E-state index in [2.05, 4.69) is 25.9 Å². The highest BCUT2D eigenvalue weighted by molar-refractivity contribution is 5.66. The molecule has 2 aliphatic rings. The average Bonchev–Trinajstić information content (AvgIpc) is 3.41. The molecular formula is C24H24N6O. The Kier molecular flexibility index (Phi) is 5.23. The predicted molar refractivity (Wildman–Crippen MR) is 118 cm³/mol. The molecule has 7 nitrogen and oxygen atoms in total. The molecule has 0 aliphatic carbocycles. The molecule has 2 aliphatic heterocycles. The van der Waals surface area contributed by atoms with Gasteiger partial charge in [-0.15, -0.1) is 0 Å². The number of hydrogen-bond donors (Lipinski definition) is 1. The fourth-order valence-corrected chi connectivity index (χ4v) is 4.65. The summed E-state index contributed by atoms with van der Waals surface area (Å²) in [6.45, 7) is 0.551. The van der Waals surface area contributed by atoms with Crippen molar-refractivity contribution in [3.05, 3.63) is 60.0 Å². The summed E-state index contributed by atoms with van der Waals surface area (Å²) in [6.07, 6.45) is 11.1. The van der Waals surface area contributed by atoms with Crippen molar-refractivity contribution in [3.8, 4) is 29.0 Å². The van der Waals surface area contributed by atoms with Crippen molar-refractivity contribution in [2.75, 3.05) is 11.4 Å². The lowest BCUT2D eigenvalue weighted by atomic mass is 10.0. The Morgan fingerprint density at radius 3 is 2.35 bits per heavy atom. The van der Waals surface area contributed by atoms with E-state index >= 15 is 0 Å². The fourth-order valence-electron chi connectivity index (χ4n) is 4.65. The van der Waals surface area contributed by atoms with Crippen molar-refractivity contribution in [2.24, 2.45) is 5.73 Å². The zero-order valence-electron chi connectivity index (χ0n) is 17.2. The normalized spacial score (nSPS) is 19.4. The Labute approximate surface area is 181 Å². The van der Waals surface area contributed by atoms with Gasteiger partial charge in [-0.2, -0.15) is 5.26 Å². The Hall–Kier alpha value is -3.50. The van der Waals surface area contributed by atoms with Gasteiger partial charge in [-0.25, -0.2) is 15.0 Å². The number of benzene rings is 1. The Bertz CT molecular complexity index is 1090. The molecule has 2 N–H and O–H groups in total. The lowest BCUT2D eigenvalue weighted by Gasteiger charge is -2.23. The first-order chi connectivity index (χ1) is 15.2. The minimum atomic E-state index is 0.511. The van der Waals surface area contributed by atoms with Gasteiger partial charge in [-0.05, 0) is 74.5 Å². The van der Waals surface area contributed by atoms with Gasteiger partial charge in [0.25, 0.3) is 0 Å². The number of anilines is 1. The van der Waals surface area contributed by atoms with Crippen molar-refractivity contribution < 1.29 is 4.74 Å². The van der Waals surface area contributed by atoms with E-state index in [9.17, 15) is 5.26 Å². The maximum absolute atomic E-state index is 9.33. The van der Waals surface area contributed by atoms with Crippen molar-refractivity contribution in [1.29, 1.82) is 5.26 Å². The Morgan fingerprint density at radius 1 is 1.00 bits per heavy atom. The highest BCUT2D eigenvalue weighted by Crippen LogP contribution is 2.40. The first-order valence-corrected chi connectivity index (χ1v) is 10.7. The largest absolute Gasteiger partial charge is 0.455 e. The summed E-state index contributed by atoms with van der Waals surface area (Å²) in [5.41, 5.74) is 7.82. The molecular weight excluding hydrogens is 388 g/mol. The van der Waals surface area contributed by atoms with Gasteiger partial charge in [0.05, 0.1) is 23.4 Å². The van der Waals surface area contributed by atoms with Gasteiger partial charge in [0.2, 0.25) is 0 Å². The molecule has 7 heteroatoms. The van der Waals surface area contributed by atoms with E-state index in [0.717, 1.165) is 23.4 Å². The van der Waals surface area contributed by atoms with Crippen LogP contribution in [0.5, 0.6) is 11.5 Å². The average molecular weight is 412 g/mol. The summed E-state index contributed by atoms with van der Waals surface area (Å²) in [5.74, 6) is 2.70. The van der Waals surface area contributed by atoms with Crippen LogP contribution in [0, 0.1) is 11.3 Å². The van der Waals surface area contributed by atoms with Gasteiger partial charge in [0.15, 0.2) is 5.82 Å². The molecule has 0 atom stereocenters. The summed E-state index contributed by atoms with van der Waals surface area (Å²) in [6, 6.07) is 12.6. The number of nitrogens with zero attached hydrogens (tertiary/aromatic N) is 5. The van der Waals surface area contributed by atoms with Crippen molar-refractivity contribution >= 4 is 5.82 Å². The van der Waals surface area contributed by atoms with Gasteiger partial charge in [0.1, 0.15) is 17.3 Å². The van der Waals surface area contributed by atoms with Gasteiger partial charge in [0, 0.05) is 24.5 Å². The van der Waals surface area contributed by atoms with E-state index in [4.69, 9.17) is 10.5 Å². The highest BCUT2D eigenvalue weighted by atomic mass is 16.5. The molecule has 2 fully saturated rings. The lowest BCUT2D eigenvalue weighted by Crippen LogP contribution is -2.28. The number of aromatic nitrogens is 3. The fraction of sp³-hybridized carbons (Fsp3) is 0.333. The topological polar surface area (TPSA) is 101 Å². The number of nitrogens with two attached hydrogens (primary N) is 1. The van der Waals surface area contributed by atoms with E-state index in [-0.39, 0.29) is 0 Å². The molecule has 3 aromatic rings. The van der Waals surface area contributed by atoms with Crippen molar-refractivity contribution in [2.45, 2.75) is 44.2 Å².